The van der Waals surface area contributed by atoms with Crippen molar-refractivity contribution < 1.29 is 9.59 Å². The number of anilines is 2. The highest BCUT2D eigenvalue weighted by Gasteiger charge is 2.19. The number of hydrogen-bond donors (Lipinski definition) is 2. The molecule has 0 saturated heterocycles. The van der Waals surface area contributed by atoms with E-state index in [0.717, 1.165) is 0 Å². The molecule has 0 aliphatic rings. The number of nitrogens with one attached hydrogen (secondary N) is 2. The first-order valence-electron chi connectivity index (χ1n) is 8.51. The van der Waals surface area contributed by atoms with E-state index in [1.807, 2.05) is 0 Å². The van der Waals surface area contributed by atoms with Crippen LogP contribution in [-0.4, -0.2) is 26.3 Å². The summed E-state index contributed by atoms with van der Waals surface area (Å²) < 4.78 is 1.39. The Labute approximate surface area is 172 Å². The van der Waals surface area contributed by atoms with Crippen LogP contribution in [0.2, 0.25) is 0 Å². The number of amides is 2. The molecule has 0 fully saturated rings. The summed E-state index contributed by atoms with van der Waals surface area (Å²) in [6, 6.07) is 6.53. The number of carbonyl (C=O) groups excluding carboxylic acids is 2. The molecule has 3 heterocycles. The minimum Gasteiger partial charge on any atom is -0.321 e. The van der Waals surface area contributed by atoms with E-state index in [-0.39, 0.29) is 17.4 Å². The number of thiazole rings is 1. The fraction of sp³-hybridized carbons (Fsp3) is 0.105. The molecule has 1 aromatic carbocycles. The van der Waals surface area contributed by atoms with Crippen molar-refractivity contribution in [3.63, 3.8) is 0 Å². The van der Waals surface area contributed by atoms with E-state index in [4.69, 9.17) is 0 Å². The lowest BCUT2D eigenvalue weighted by Gasteiger charge is -2.06. The van der Waals surface area contributed by atoms with Gasteiger partial charge in [-0.25, -0.2) is 9.97 Å². The fourth-order valence-electron chi connectivity index (χ4n) is 2.77. The molecular weight excluding hydrogens is 410 g/mol. The first-order valence-corrected chi connectivity index (χ1v) is 10.2. The summed E-state index contributed by atoms with van der Waals surface area (Å²) >= 11 is 2.51. The molecule has 0 atom stereocenters. The lowest BCUT2D eigenvalue weighted by Crippen LogP contribution is -2.17. The van der Waals surface area contributed by atoms with Crippen molar-refractivity contribution in [2.45, 2.75) is 6.92 Å². The third kappa shape index (κ3) is 3.67. The van der Waals surface area contributed by atoms with Gasteiger partial charge in [-0.15, -0.1) is 22.7 Å². The molecule has 8 nitrogen and oxygen atoms in total. The molecule has 2 amide bonds. The van der Waals surface area contributed by atoms with E-state index < -0.39 is 0 Å². The molecule has 146 valence electrons. The van der Waals surface area contributed by atoms with Crippen molar-refractivity contribution in [1.82, 2.24) is 14.5 Å². The smallest absolute Gasteiger partial charge is 0.266 e. The lowest BCUT2D eigenvalue weighted by atomic mass is 10.2. The zero-order valence-electron chi connectivity index (χ0n) is 15.4. The quantitative estimate of drug-likeness (QED) is 0.522. The lowest BCUT2D eigenvalue weighted by molar-refractivity contribution is 0.102. The maximum atomic E-state index is 12.7. The number of carbonyl (C=O) groups is 2. The van der Waals surface area contributed by atoms with Gasteiger partial charge in [0.15, 0.2) is 5.13 Å². The van der Waals surface area contributed by atoms with Crippen LogP contribution in [0, 0.1) is 6.92 Å². The Morgan fingerprint density at radius 1 is 1.07 bits per heavy atom. The summed E-state index contributed by atoms with van der Waals surface area (Å²) in [4.78, 5) is 46.4. The number of aryl methyl sites for hydroxylation is 2. The van der Waals surface area contributed by atoms with Gasteiger partial charge in [0.1, 0.15) is 4.83 Å². The molecule has 29 heavy (non-hydrogen) atoms. The van der Waals surface area contributed by atoms with Crippen molar-refractivity contribution >= 4 is 55.5 Å². The first kappa shape index (κ1) is 19.0. The number of nitrogens with zero attached hydrogens (tertiary/aromatic N) is 3. The largest absolute Gasteiger partial charge is 0.321 e. The Morgan fingerprint density at radius 2 is 1.83 bits per heavy atom. The van der Waals surface area contributed by atoms with Gasteiger partial charge in [0.05, 0.1) is 16.6 Å². The summed E-state index contributed by atoms with van der Waals surface area (Å²) in [5.41, 5.74) is 1.41. The molecule has 4 rings (SSSR count). The summed E-state index contributed by atoms with van der Waals surface area (Å²) in [7, 11) is 1.62. The number of hydrogen-bond acceptors (Lipinski definition) is 7. The Morgan fingerprint density at radius 3 is 2.52 bits per heavy atom. The highest BCUT2D eigenvalue weighted by atomic mass is 32.1. The molecule has 0 aliphatic carbocycles. The molecule has 3 aromatic heterocycles. The summed E-state index contributed by atoms with van der Waals surface area (Å²) in [5, 5.41) is 8.25. The van der Waals surface area contributed by atoms with Crippen molar-refractivity contribution in [2.24, 2.45) is 7.05 Å². The van der Waals surface area contributed by atoms with Crippen molar-refractivity contribution in [3.8, 4) is 0 Å². The minimum atomic E-state index is -0.326. The van der Waals surface area contributed by atoms with E-state index >= 15 is 0 Å². The number of rotatable bonds is 4. The Hall–Kier alpha value is -3.37. The monoisotopic (exact) mass is 425 g/mol. The predicted octanol–water partition coefficient (Wildman–Crippen LogP) is 3.26. The standard InChI is InChI=1S/C19H15N5O3S2/c1-10-13-17(21-9-24(2)18(13)27)29-14(10)16(26)22-12-5-3-11(4-6-12)15(25)23-19-20-7-8-28-19/h3-9H,1-2H3,(H,22,26)(H,20,23,25). The van der Waals surface area contributed by atoms with E-state index in [1.165, 1.54) is 33.6 Å². The zero-order chi connectivity index (χ0) is 20.5. The molecule has 0 saturated carbocycles. The molecule has 0 unspecified atom stereocenters. The highest BCUT2D eigenvalue weighted by Crippen LogP contribution is 2.27. The maximum absolute atomic E-state index is 12.7. The Kier molecular flexibility index (Phi) is 4.95. The molecule has 0 radical (unpaired) electrons. The van der Waals surface area contributed by atoms with Crippen LogP contribution in [0.15, 0.2) is 47.0 Å². The van der Waals surface area contributed by atoms with E-state index in [9.17, 15) is 14.4 Å². The van der Waals surface area contributed by atoms with E-state index in [2.05, 4.69) is 20.6 Å². The van der Waals surface area contributed by atoms with Crippen LogP contribution in [-0.2, 0) is 7.05 Å². The second-order valence-electron chi connectivity index (χ2n) is 6.22. The Bertz CT molecular complexity index is 1270. The molecule has 0 spiro atoms. The van der Waals surface area contributed by atoms with Crippen LogP contribution in [0.5, 0.6) is 0 Å². The fourth-order valence-corrected chi connectivity index (χ4v) is 4.33. The normalized spacial score (nSPS) is 10.8. The van der Waals surface area contributed by atoms with Gasteiger partial charge >= 0.3 is 0 Å². The van der Waals surface area contributed by atoms with Gasteiger partial charge in [-0.1, -0.05) is 0 Å². The zero-order valence-corrected chi connectivity index (χ0v) is 17.1. The van der Waals surface area contributed by atoms with Crippen LogP contribution in [0.1, 0.15) is 25.6 Å². The van der Waals surface area contributed by atoms with Crippen LogP contribution in [0.25, 0.3) is 10.2 Å². The van der Waals surface area contributed by atoms with Crippen LogP contribution in [0.3, 0.4) is 0 Å². The van der Waals surface area contributed by atoms with Crippen molar-refractivity contribution in [2.75, 3.05) is 10.6 Å². The summed E-state index contributed by atoms with van der Waals surface area (Å²) in [6.45, 7) is 1.74. The first-order chi connectivity index (χ1) is 13.9. The molecule has 10 heteroatoms. The predicted molar refractivity (Wildman–Crippen MR) is 114 cm³/mol. The van der Waals surface area contributed by atoms with Gasteiger partial charge in [0.2, 0.25) is 0 Å². The second-order valence-corrected chi connectivity index (χ2v) is 8.11. The second kappa shape index (κ2) is 7.57. The Balaban J connectivity index is 1.52. The van der Waals surface area contributed by atoms with Crippen molar-refractivity contribution in [1.29, 1.82) is 0 Å². The molecule has 2 N–H and O–H groups in total. The average molecular weight is 425 g/mol. The van der Waals surface area contributed by atoms with Crippen LogP contribution < -0.4 is 16.2 Å². The molecule has 0 bridgehead atoms. The molecule has 0 aliphatic heterocycles. The molecule has 4 aromatic rings. The molecular formula is C19H15N5O3S2. The third-order valence-corrected chi connectivity index (χ3v) is 6.16. The van der Waals surface area contributed by atoms with Crippen LogP contribution in [0.4, 0.5) is 10.8 Å². The maximum Gasteiger partial charge on any atom is 0.266 e. The third-order valence-electron chi connectivity index (χ3n) is 4.27. The number of benzene rings is 1. The van der Waals surface area contributed by atoms with Crippen LogP contribution >= 0.6 is 22.7 Å². The number of thiophene rings is 1. The minimum absolute atomic E-state index is 0.182. The highest BCUT2D eigenvalue weighted by molar-refractivity contribution is 7.20. The van der Waals surface area contributed by atoms with Gasteiger partial charge in [0, 0.05) is 29.9 Å². The van der Waals surface area contributed by atoms with Gasteiger partial charge in [-0.05, 0) is 36.8 Å². The van der Waals surface area contributed by atoms with Gasteiger partial charge in [-0.2, -0.15) is 0 Å². The van der Waals surface area contributed by atoms with E-state index in [0.29, 0.717) is 37.0 Å². The number of fused-ring (bicyclic) bond motifs is 1. The average Bonchev–Trinajstić information content (AvgIpc) is 3.33. The van der Waals surface area contributed by atoms with Gasteiger partial charge in [0.25, 0.3) is 17.4 Å². The summed E-state index contributed by atoms with van der Waals surface area (Å²) in [6.07, 6.45) is 3.05. The van der Waals surface area contributed by atoms with Crippen molar-refractivity contribution in [3.05, 3.63) is 68.5 Å². The SMILES string of the molecule is Cc1c(C(=O)Nc2ccc(C(=O)Nc3nccs3)cc2)sc2ncn(C)c(=O)c12. The number of aromatic nitrogens is 3. The topological polar surface area (TPSA) is 106 Å². The summed E-state index contributed by atoms with van der Waals surface area (Å²) in [5.74, 6) is -0.604. The van der Waals surface area contributed by atoms with Gasteiger partial charge in [-0.3, -0.25) is 19.7 Å². The van der Waals surface area contributed by atoms with E-state index in [1.54, 1.807) is 49.8 Å². The van der Waals surface area contributed by atoms with Gasteiger partial charge < -0.3 is 9.88 Å².